The average Bonchev–Trinajstić information content (AvgIpc) is 3.14. The quantitative estimate of drug-likeness (QED) is 0.375. The Bertz CT molecular complexity index is 1050. The lowest BCUT2D eigenvalue weighted by Crippen LogP contribution is -2.33. The van der Waals surface area contributed by atoms with Crippen molar-refractivity contribution in [2.75, 3.05) is 38.7 Å². The first kappa shape index (κ1) is 21.7. The Balaban J connectivity index is 1.95. The monoisotopic (exact) mass is 428 g/mol. The van der Waals surface area contributed by atoms with E-state index in [0.717, 1.165) is 28.9 Å². The van der Waals surface area contributed by atoms with Gasteiger partial charge in [-0.25, -0.2) is 4.98 Å². The predicted octanol–water partition coefficient (Wildman–Crippen LogP) is 4.20. The number of nitro groups is 1. The Morgan fingerprint density at radius 1 is 1.20 bits per heavy atom. The maximum Gasteiger partial charge on any atom is 0.270 e. The second kappa shape index (κ2) is 9.64. The molecular weight excluding hydrogens is 404 g/mol. The number of ether oxygens (including phenoxy) is 1. The van der Waals surface area contributed by atoms with Crippen molar-refractivity contribution in [1.82, 2.24) is 9.88 Å². The van der Waals surface area contributed by atoms with E-state index in [2.05, 4.69) is 4.98 Å². The first-order chi connectivity index (χ1) is 14.4. The largest absolute Gasteiger partial charge is 0.494 e. The number of hydrogen-bond donors (Lipinski definition) is 0. The fourth-order valence-electron chi connectivity index (χ4n) is 3.00. The van der Waals surface area contributed by atoms with Gasteiger partial charge in [-0.1, -0.05) is 17.4 Å². The van der Waals surface area contributed by atoms with Gasteiger partial charge in [0.25, 0.3) is 11.6 Å². The summed E-state index contributed by atoms with van der Waals surface area (Å²) in [7, 11) is 3.94. The molecule has 0 saturated carbocycles. The second-order valence-electron chi connectivity index (χ2n) is 6.98. The number of carbonyl (C=O) groups is 1. The number of fused-ring (bicyclic) bond motifs is 1. The topological polar surface area (TPSA) is 88.8 Å². The number of anilines is 1. The van der Waals surface area contributed by atoms with Crippen LogP contribution in [0.4, 0.5) is 10.8 Å². The number of non-ortho nitro benzene ring substituents is 1. The van der Waals surface area contributed by atoms with E-state index in [1.807, 2.05) is 44.1 Å². The van der Waals surface area contributed by atoms with Gasteiger partial charge in [-0.2, -0.15) is 0 Å². The number of nitrogens with zero attached hydrogens (tertiary/aromatic N) is 4. The molecule has 158 valence electrons. The Morgan fingerprint density at radius 3 is 2.70 bits per heavy atom. The standard InChI is InChI=1S/C21H24N4O4S/c1-4-29-17-9-10-18-19(14-17)30-21(22-18)24(12-6-11-23(2)3)20(26)15-7-5-8-16(13-15)25(27)28/h5,7-10,13-14H,4,6,11-12H2,1-3H3. The van der Waals surface area contributed by atoms with Crippen LogP contribution in [0, 0.1) is 10.1 Å². The van der Waals surface area contributed by atoms with E-state index < -0.39 is 4.92 Å². The summed E-state index contributed by atoms with van der Waals surface area (Å²) in [5, 5.41) is 11.7. The molecule has 0 unspecified atom stereocenters. The summed E-state index contributed by atoms with van der Waals surface area (Å²) in [5.41, 5.74) is 0.936. The zero-order valence-corrected chi connectivity index (χ0v) is 18.0. The molecule has 30 heavy (non-hydrogen) atoms. The van der Waals surface area contributed by atoms with Crippen molar-refractivity contribution in [2.45, 2.75) is 13.3 Å². The van der Waals surface area contributed by atoms with Crippen molar-refractivity contribution in [3.63, 3.8) is 0 Å². The predicted molar refractivity (Wildman–Crippen MR) is 119 cm³/mol. The molecule has 0 aliphatic rings. The molecule has 1 amide bonds. The third-order valence-corrected chi connectivity index (χ3v) is 5.47. The van der Waals surface area contributed by atoms with Gasteiger partial charge in [0.15, 0.2) is 5.13 Å². The Morgan fingerprint density at radius 2 is 2.00 bits per heavy atom. The third-order valence-electron chi connectivity index (χ3n) is 4.43. The van der Waals surface area contributed by atoms with E-state index in [-0.39, 0.29) is 17.2 Å². The lowest BCUT2D eigenvalue weighted by Gasteiger charge is -2.21. The van der Waals surface area contributed by atoms with Gasteiger partial charge in [0.2, 0.25) is 0 Å². The lowest BCUT2D eigenvalue weighted by atomic mass is 10.1. The van der Waals surface area contributed by atoms with Crippen LogP contribution in [0.25, 0.3) is 10.2 Å². The summed E-state index contributed by atoms with van der Waals surface area (Å²) in [6.07, 6.45) is 0.744. The van der Waals surface area contributed by atoms with Crippen molar-refractivity contribution in [1.29, 1.82) is 0 Å². The van der Waals surface area contributed by atoms with Crippen LogP contribution in [-0.2, 0) is 0 Å². The summed E-state index contributed by atoms with van der Waals surface area (Å²) in [5.74, 6) is 0.450. The molecule has 0 aliphatic heterocycles. The van der Waals surface area contributed by atoms with E-state index in [4.69, 9.17) is 4.74 Å². The summed E-state index contributed by atoms with van der Waals surface area (Å²) in [6.45, 7) is 3.75. The first-order valence-electron chi connectivity index (χ1n) is 9.63. The van der Waals surface area contributed by atoms with Crippen LogP contribution >= 0.6 is 11.3 Å². The summed E-state index contributed by atoms with van der Waals surface area (Å²) < 4.78 is 6.47. The van der Waals surface area contributed by atoms with Crippen LogP contribution in [-0.4, -0.2) is 54.5 Å². The molecular formula is C21H24N4O4S. The van der Waals surface area contributed by atoms with Crippen LogP contribution in [0.1, 0.15) is 23.7 Å². The minimum absolute atomic E-state index is 0.111. The van der Waals surface area contributed by atoms with Crippen LogP contribution in [0.5, 0.6) is 5.75 Å². The highest BCUT2D eigenvalue weighted by Gasteiger charge is 2.23. The van der Waals surface area contributed by atoms with Gasteiger partial charge in [0.05, 0.1) is 21.7 Å². The molecule has 0 N–H and O–H groups in total. The van der Waals surface area contributed by atoms with Crippen molar-refractivity contribution in [2.24, 2.45) is 0 Å². The van der Waals surface area contributed by atoms with Crippen molar-refractivity contribution in [3.8, 4) is 5.75 Å². The van der Waals surface area contributed by atoms with Crippen LogP contribution in [0.3, 0.4) is 0 Å². The van der Waals surface area contributed by atoms with Gasteiger partial charge in [0, 0.05) is 24.2 Å². The van der Waals surface area contributed by atoms with Gasteiger partial charge in [-0.15, -0.1) is 0 Å². The molecule has 0 atom stereocenters. The number of amides is 1. The van der Waals surface area contributed by atoms with Gasteiger partial charge >= 0.3 is 0 Å². The normalized spacial score (nSPS) is 11.1. The number of carbonyl (C=O) groups excluding carboxylic acids is 1. The number of rotatable bonds is 9. The van der Waals surface area contributed by atoms with E-state index in [1.54, 1.807) is 11.0 Å². The Hall–Kier alpha value is -3.04. The number of thiazole rings is 1. The van der Waals surface area contributed by atoms with Gasteiger partial charge in [-0.05, 0) is 58.3 Å². The highest BCUT2D eigenvalue weighted by Crippen LogP contribution is 2.32. The molecule has 0 spiro atoms. The van der Waals surface area contributed by atoms with Crippen molar-refractivity contribution < 1.29 is 14.5 Å². The molecule has 0 bridgehead atoms. The highest BCUT2D eigenvalue weighted by atomic mass is 32.1. The molecule has 2 aromatic carbocycles. The van der Waals surface area contributed by atoms with E-state index in [1.165, 1.54) is 29.5 Å². The number of nitro benzene ring substituents is 1. The molecule has 0 radical (unpaired) electrons. The highest BCUT2D eigenvalue weighted by molar-refractivity contribution is 7.22. The SMILES string of the molecule is CCOc1ccc2nc(N(CCCN(C)C)C(=O)c3cccc([N+](=O)[O-])c3)sc2c1. The van der Waals surface area contributed by atoms with Gasteiger partial charge in [-0.3, -0.25) is 19.8 Å². The summed E-state index contributed by atoms with van der Waals surface area (Å²) in [4.78, 5) is 32.2. The molecule has 0 fully saturated rings. The van der Waals surface area contributed by atoms with E-state index >= 15 is 0 Å². The van der Waals surface area contributed by atoms with E-state index in [0.29, 0.717) is 18.3 Å². The van der Waals surface area contributed by atoms with Crippen molar-refractivity contribution in [3.05, 3.63) is 58.1 Å². The van der Waals surface area contributed by atoms with Crippen LogP contribution in [0.15, 0.2) is 42.5 Å². The molecule has 3 rings (SSSR count). The second-order valence-corrected chi connectivity index (χ2v) is 7.99. The van der Waals surface area contributed by atoms with Crippen LogP contribution < -0.4 is 9.64 Å². The smallest absolute Gasteiger partial charge is 0.270 e. The maximum absolute atomic E-state index is 13.3. The lowest BCUT2D eigenvalue weighted by molar-refractivity contribution is -0.384. The molecule has 9 heteroatoms. The zero-order chi connectivity index (χ0) is 21.7. The van der Waals surface area contributed by atoms with Gasteiger partial charge in [0.1, 0.15) is 5.75 Å². The number of aromatic nitrogens is 1. The summed E-state index contributed by atoms with van der Waals surface area (Å²) in [6, 6.07) is 11.4. The minimum atomic E-state index is -0.500. The van der Waals surface area contributed by atoms with Crippen molar-refractivity contribution >= 4 is 38.3 Å². The Kier molecular flexibility index (Phi) is 6.96. The summed E-state index contributed by atoms with van der Waals surface area (Å²) >= 11 is 1.40. The zero-order valence-electron chi connectivity index (χ0n) is 17.2. The minimum Gasteiger partial charge on any atom is -0.494 e. The molecule has 0 aliphatic carbocycles. The van der Waals surface area contributed by atoms with Gasteiger partial charge < -0.3 is 9.64 Å². The fraction of sp³-hybridized carbons (Fsp3) is 0.333. The molecule has 1 aromatic heterocycles. The molecule has 3 aromatic rings. The average molecular weight is 429 g/mol. The number of hydrogen-bond acceptors (Lipinski definition) is 7. The van der Waals surface area contributed by atoms with Crippen LogP contribution in [0.2, 0.25) is 0 Å². The third kappa shape index (κ3) is 5.11. The first-order valence-corrected chi connectivity index (χ1v) is 10.4. The van der Waals surface area contributed by atoms with E-state index in [9.17, 15) is 14.9 Å². The number of benzene rings is 2. The molecule has 1 heterocycles. The Labute approximate surface area is 178 Å². The maximum atomic E-state index is 13.3. The fourth-order valence-corrected chi connectivity index (χ4v) is 4.02. The molecule has 8 nitrogen and oxygen atoms in total. The molecule has 0 saturated heterocycles.